The Morgan fingerprint density at radius 2 is 1.79 bits per heavy atom. The van der Waals surface area contributed by atoms with E-state index in [4.69, 9.17) is 0 Å². The van der Waals surface area contributed by atoms with Gasteiger partial charge in [0, 0.05) is 12.4 Å². The van der Waals surface area contributed by atoms with Crippen molar-refractivity contribution >= 4 is 0 Å². The first-order valence-corrected chi connectivity index (χ1v) is 6.58. The van der Waals surface area contributed by atoms with E-state index in [1.54, 1.807) is 12.5 Å². The number of hydrogen-bond donors (Lipinski definition) is 1. The maximum absolute atomic E-state index is 11.2. The number of nitrogens with zero attached hydrogens (tertiary/aromatic N) is 2. The van der Waals surface area contributed by atoms with Gasteiger partial charge in [-0.1, -0.05) is 50.6 Å². The Morgan fingerprint density at radius 1 is 1.16 bits per heavy atom. The first-order valence-electron chi connectivity index (χ1n) is 6.58. The molecule has 0 fully saturated rings. The Balaban J connectivity index is 2.43. The van der Waals surface area contributed by atoms with Gasteiger partial charge in [-0.25, -0.2) is 4.98 Å². The van der Waals surface area contributed by atoms with E-state index in [1.165, 1.54) is 5.56 Å². The number of aryl methyl sites for hydroxylation is 1. The molecule has 3 nitrogen and oxygen atoms in total. The zero-order valence-electron chi connectivity index (χ0n) is 12.1. The molecule has 1 aromatic heterocycles. The summed E-state index contributed by atoms with van der Waals surface area (Å²) in [5.74, 6) is 0. The van der Waals surface area contributed by atoms with Crippen LogP contribution >= 0.6 is 0 Å². The fraction of sp³-hybridized carbons (Fsp3) is 0.438. The van der Waals surface area contributed by atoms with Crippen LogP contribution in [0, 0.1) is 12.3 Å². The monoisotopic (exact) mass is 258 g/mol. The molecule has 1 N–H and O–H groups in total. The molecule has 19 heavy (non-hydrogen) atoms. The molecular formula is C16H22N2O. The van der Waals surface area contributed by atoms with Gasteiger partial charge in [-0.2, -0.15) is 0 Å². The van der Waals surface area contributed by atoms with E-state index in [0.717, 1.165) is 5.56 Å². The van der Waals surface area contributed by atoms with E-state index in [9.17, 15) is 5.11 Å². The van der Waals surface area contributed by atoms with Crippen LogP contribution < -0.4 is 0 Å². The van der Waals surface area contributed by atoms with Crippen LogP contribution in [0.4, 0.5) is 0 Å². The molecule has 0 aliphatic rings. The molecule has 0 saturated heterocycles. The molecule has 0 amide bonds. The van der Waals surface area contributed by atoms with Gasteiger partial charge in [0.05, 0.1) is 12.9 Å². The zero-order chi connectivity index (χ0) is 14.1. The second-order valence-corrected chi connectivity index (χ2v) is 6.21. The summed E-state index contributed by atoms with van der Waals surface area (Å²) >= 11 is 0. The average Bonchev–Trinajstić information content (AvgIpc) is 2.81. The van der Waals surface area contributed by atoms with Crippen LogP contribution in [0.15, 0.2) is 43.0 Å². The third-order valence-electron chi connectivity index (χ3n) is 3.74. The largest absolute Gasteiger partial charge is 0.383 e. The molecule has 0 saturated carbocycles. The molecule has 0 spiro atoms. The lowest BCUT2D eigenvalue weighted by atomic mass is 9.72. The second kappa shape index (κ2) is 4.82. The minimum absolute atomic E-state index is 0.271. The Kier molecular flexibility index (Phi) is 3.50. The van der Waals surface area contributed by atoms with Crippen LogP contribution in [0.3, 0.4) is 0 Å². The number of benzene rings is 1. The fourth-order valence-corrected chi connectivity index (χ4v) is 2.24. The molecule has 0 bridgehead atoms. The van der Waals surface area contributed by atoms with Gasteiger partial charge in [0.2, 0.25) is 0 Å². The van der Waals surface area contributed by atoms with E-state index in [-0.39, 0.29) is 5.41 Å². The predicted molar refractivity (Wildman–Crippen MR) is 76.8 cm³/mol. The van der Waals surface area contributed by atoms with Crippen molar-refractivity contribution in [3.63, 3.8) is 0 Å². The third-order valence-corrected chi connectivity index (χ3v) is 3.74. The summed E-state index contributed by atoms with van der Waals surface area (Å²) < 4.78 is 1.92. The molecule has 0 radical (unpaired) electrons. The number of aliphatic hydroxyl groups is 1. The van der Waals surface area contributed by atoms with E-state index >= 15 is 0 Å². The molecule has 3 heteroatoms. The van der Waals surface area contributed by atoms with E-state index in [1.807, 2.05) is 35.0 Å². The maximum atomic E-state index is 11.2. The zero-order valence-corrected chi connectivity index (χ0v) is 12.1. The van der Waals surface area contributed by atoms with Gasteiger partial charge in [-0.15, -0.1) is 0 Å². The molecule has 1 unspecified atom stereocenters. The maximum Gasteiger partial charge on any atom is 0.112 e. The molecule has 2 aromatic rings. The van der Waals surface area contributed by atoms with Crippen molar-refractivity contribution in [1.82, 2.24) is 9.55 Å². The Morgan fingerprint density at radius 3 is 2.26 bits per heavy atom. The van der Waals surface area contributed by atoms with Crippen molar-refractivity contribution in [3.05, 3.63) is 54.1 Å². The minimum Gasteiger partial charge on any atom is -0.383 e. The van der Waals surface area contributed by atoms with Crippen LogP contribution in [0.5, 0.6) is 0 Å². The summed E-state index contributed by atoms with van der Waals surface area (Å²) in [6.45, 7) is 8.73. The first-order chi connectivity index (χ1) is 8.83. The normalized spacial score (nSPS) is 15.2. The van der Waals surface area contributed by atoms with Crippen molar-refractivity contribution in [2.45, 2.75) is 39.8 Å². The summed E-state index contributed by atoms with van der Waals surface area (Å²) in [5.41, 5.74) is 0.940. The van der Waals surface area contributed by atoms with E-state index in [0.29, 0.717) is 6.54 Å². The van der Waals surface area contributed by atoms with Crippen molar-refractivity contribution in [2.75, 3.05) is 0 Å². The second-order valence-electron chi connectivity index (χ2n) is 6.21. The summed E-state index contributed by atoms with van der Waals surface area (Å²) in [6, 6.07) is 8.11. The van der Waals surface area contributed by atoms with Crippen LogP contribution in [0.2, 0.25) is 0 Å². The van der Waals surface area contributed by atoms with E-state index < -0.39 is 5.60 Å². The fourth-order valence-electron chi connectivity index (χ4n) is 2.24. The quantitative estimate of drug-likeness (QED) is 0.918. The van der Waals surface area contributed by atoms with Gasteiger partial charge in [0.25, 0.3) is 0 Å². The Bertz CT molecular complexity index is 523. The molecule has 0 aliphatic heterocycles. The highest BCUT2D eigenvalue weighted by molar-refractivity contribution is 5.28. The number of rotatable bonds is 3. The van der Waals surface area contributed by atoms with Crippen molar-refractivity contribution < 1.29 is 5.11 Å². The number of imidazole rings is 1. The molecule has 1 atom stereocenters. The van der Waals surface area contributed by atoms with Crippen LogP contribution in [0.25, 0.3) is 0 Å². The van der Waals surface area contributed by atoms with Gasteiger partial charge in [0.15, 0.2) is 0 Å². The summed E-state index contributed by atoms with van der Waals surface area (Å²) in [4.78, 5) is 4.05. The number of hydrogen-bond acceptors (Lipinski definition) is 2. The van der Waals surface area contributed by atoms with Crippen molar-refractivity contribution in [2.24, 2.45) is 5.41 Å². The minimum atomic E-state index is -0.929. The van der Waals surface area contributed by atoms with Gasteiger partial charge in [-0.05, 0) is 17.9 Å². The average molecular weight is 258 g/mol. The lowest BCUT2D eigenvalue weighted by Gasteiger charge is -2.41. The molecule has 1 heterocycles. The Hall–Kier alpha value is -1.61. The van der Waals surface area contributed by atoms with Gasteiger partial charge < -0.3 is 9.67 Å². The lowest BCUT2D eigenvalue weighted by Crippen LogP contribution is -2.43. The van der Waals surface area contributed by atoms with Crippen LogP contribution in [-0.4, -0.2) is 14.7 Å². The highest BCUT2D eigenvalue weighted by atomic mass is 16.3. The standard InChI is InChI=1S/C16H22N2O/c1-13-5-7-14(8-6-13)16(19,15(2,3)4)11-18-10-9-17-12-18/h5-10,12,19H,11H2,1-4H3. The smallest absolute Gasteiger partial charge is 0.112 e. The van der Waals surface area contributed by atoms with Crippen molar-refractivity contribution in [1.29, 1.82) is 0 Å². The lowest BCUT2D eigenvalue weighted by molar-refractivity contribution is -0.0781. The molecule has 2 rings (SSSR count). The highest BCUT2D eigenvalue weighted by Crippen LogP contribution is 2.40. The summed E-state index contributed by atoms with van der Waals surface area (Å²) in [7, 11) is 0. The molecule has 102 valence electrons. The summed E-state index contributed by atoms with van der Waals surface area (Å²) in [5, 5.41) is 11.2. The van der Waals surface area contributed by atoms with Crippen LogP contribution in [-0.2, 0) is 12.1 Å². The van der Waals surface area contributed by atoms with Gasteiger partial charge in [-0.3, -0.25) is 0 Å². The third kappa shape index (κ3) is 2.71. The molecular weight excluding hydrogens is 236 g/mol. The van der Waals surface area contributed by atoms with E-state index in [2.05, 4.69) is 32.7 Å². The van der Waals surface area contributed by atoms with Gasteiger partial charge >= 0.3 is 0 Å². The summed E-state index contributed by atoms with van der Waals surface area (Å²) in [6.07, 6.45) is 5.36. The Labute approximate surface area is 114 Å². The van der Waals surface area contributed by atoms with Crippen LogP contribution in [0.1, 0.15) is 31.9 Å². The molecule has 1 aromatic carbocycles. The topological polar surface area (TPSA) is 38.0 Å². The predicted octanol–water partition coefficient (Wildman–Crippen LogP) is 3.13. The van der Waals surface area contributed by atoms with Crippen molar-refractivity contribution in [3.8, 4) is 0 Å². The van der Waals surface area contributed by atoms with Gasteiger partial charge in [0.1, 0.15) is 5.60 Å². The highest BCUT2D eigenvalue weighted by Gasteiger charge is 2.41. The first kappa shape index (κ1) is 13.8. The SMILES string of the molecule is Cc1ccc(C(O)(Cn2ccnc2)C(C)(C)C)cc1. The molecule has 0 aliphatic carbocycles. The number of aromatic nitrogens is 2.